The zero-order chi connectivity index (χ0) is 15.5. The first-order chi connectivity index (χ1) is 9.90. The summed E-state index contributed by atoms with van der Waals surface area (Å²) < 4.78 is 41.7. The van der Waals surface area contributed by atoms with Gasteiger partial charge in [-0.2, -0.15) is 18.2 Å². The maximum atomic E-state index is 12.3. The molecule has 112 valence electrons. The van der Waals surface area contributed by atoms with Crippen molar-refractivity contribution in [3.8, 4) is 0 Å². The number of rotatable bonds is 4. The fraction of sp³-hybridized carbons (Fsp3) is 0.364. The molecule has 2 aromatic heterocycles. The standard InChI is InChI=1S/C11H10F3N5O2/c1-2-8-18-9(19-21-8)10(20)17-5-7-15-3-6(4-16-7)11(12,13)14/h3-4H,2,5H2,1H3,(H,17,20). The molecule has 0 saturated carbocycles. The molecule has 1 N–H and O–H groups in total. The van der Waals surface area contributed by atoms with Gasteiger partial charge in [0.1, 0.15) is 5.82 Å². The number of aryl methyl sites for hydroxylation is 1. The van der Waals surface area contributed by atoms with Gasteiger partial charge in [0, 0.05) is 18.8 Å². The number of alkyl halides is 3. The number of carbonyl (C=O) groups excluding carboxylic acids is 1. The number of halogens is 3. The van der Waals surface area contributed by atoms with Crippen LogP contribution >= 0.6 is 0 Å². The minimum Gasteiger partial charge on any atom is -0.342 e. The maximum Gasteiger partial charge on any atom is 0.419 e. The van der Waals surface area contributed by atoms with Crippen LogP contribution in [-0.2, 0) is 19.1 Å². The van der Waals surface area contributed by atoms with Crippen molar-refractivity contribution in [1.82, 2.24) is 25.4 Å². The largest absolute Gasteiger partial charge is 0.419 e. The summed E-state index contributed by atoms with van der Waals surface area (Å²) in [4.78, 5) is 22.5. The van der Waals surface area contributed by atoms with E-state index in [-0.39, 0.29) is 18.2 Å². The molecule has 0 spiro atoms. The molecule has 0 aromatic carbocycles. The van der Waals surface area contributed by atoms with Crippen LogP contribution in [0, 0.1) is 0 Å². The smallest absolute Gasteiger partial charge is 0.342 e. The number of amides is 1. The Labute approximate surface area is 116 Å². The van der Waals surface area contributed by atoms with Crippen molar-refractivity contribution in [2.75, 3.05) is 0 Å². The minimum absolute atomic E-state index is 0.0376. The second-order valence-electron chi connectivity index (χ2n) is 3.93. The molecule has 1 amide bonds. The molecule has 2 aromatic rings. The van der Waals surface area contributed by atoms with Crippen LogP contribution in [0.3, 0.4) is 0 Å². The van der Waals surface area contributed by atoms with E-state index in [1.165, 1.54) is 0 Å². The highest BCUT2D eigenvalue weighted by atomic mass is 19.4. The summed E-state index contributed by atoms with van der Waals surface area (Å²) in [6.07, 6.45) is -2.71. The minimum atomic E-state index is -4.50. The van der Waals surface area contributed by atoms with E-state index >= 15 is 0 Å². The zero-order valence-corrected chi connectivity index (χ0v) is 10.8. The van der Waals surface area contributed by atoms with Gasteiger partial charge in [0.15, 0.2) is 0 Å². The predicted octanol–water partition coefficient (Wildman–Crippen LogP) is 1.37. The van der Waals surface area contributed by atoms with Gasteiger partial charge in [-0.05, 0) is 0 Å². The van der Waals surface area contributed by atoms with Crippen LogP contribution in [0.2, 0.25) is 0 Å². The molecule has 0 bridgehead atoms. The van der Waals surface area contributed by atoms with Crippen LogP contribution in [-0.4, -0.2) is 26.0 Å². The van der Waals surface area contributed by atoms with E-state index in [2.05, 4.69) is 25.4 Å². The van der Waals surface area contributed by atoms with Crippen LogP contribution in [0.1, 0.15) is 34.8 Å². The second-order valence-corrected chi connectivity index (χ2v) is 3.93. The monoisotopic (exact) mass is 301 g/mol. The fourth-order valence-corrected chi connectivity index (χ4v) is 1.32. The van der Waals surface area contributed by atoms with Gasteiger partial charge in [-0.15, -0.1) is 0 Å². The Morgan fingerprint density at radius 3 is 2.52 bits per heavy atom. The third-order valence-corrected chi connectivity index (χ3v) is 2.41. The molecule has 0 fully saturated rings. The summed E-state index contributed by atoms with van der Waals surface area (Å²) in [6.45, 7) is 1.64. The molecule has 2 rings (SSSR count). The molecule has 2 heterocycles. The third kappa shape index (κ3) is 3.74. The van der Waals surface area contributed by atoms with Gasteiger partial charge in [-0.25, -0.2) is 9.97 Å². The Kier molecular flexibility index (Phi) is 4.15. The van der Waals surface area contributed by atoms with Gasteiger partial charge in [0.25, 0.3) is 11.7 Å². The van der Waals surface area contributed by atoms with Crippen molar-refractivity contribution >= 4 is 5.91 Å². The Morgan fingerprint density at radius 1 is 1.33 bits per heavy atom. The summed E-state index contributed by atoms with van der Waals surface area (Å²) in [5.74, 6) is -0.429. The van der Waals surface area contributed by atoms with Crippen LogP contribution in [0.4, 0.5) is 13.2 Å². The Hall–Kier alpha value is -2.52. The fourth-order valence-electron chi connectivity index (χ4n) is 1.32. The summed E-state index contributed by atoms with van der Waals surface area (Å²) >= 11 is 0. The van der Waals surface area contributed by atoms with Crippen LogP contribution in [0.5, 0.6) is 0 Å². The van der Waals surface area contributed by atoms with Crippen molar-refractivity contribution in [2.45, 2.75) is 26.1 Å². The predicted molar refractivity (Wildman–Crippen MR) is 61.9 cm³/mol. The van der Waals surface area contributed by atoms with E-state index in [0.717, 1.165) is 0 Å². The normalized spacial score (nSPS) is 11.4. The van der Waals surface area contributed by atoms with Crippen molar-refractivity contribution in [3.05, 3.63) is 35.5 Å². The Morgan fingerprint density at radius 2 is 2.00 bits per heavy atom. The van der Waals surface area contributed by atoms with Crippen LogP contribution < -0.4 is 5.32 Å². The second kappa shape index (κ2) is 5.85. The first-order valence-electron chi connectivity index (χ1n) is 5.89. The van der Waals surface area contributed by atoms with Gasteiger partial charge in [0.2, 0.25) is 5.89 Å². The van der Waals surface area contributed by atoms with Crippen molar-refractivity contribution in [3.63, 3.8) is 0 Å². The quantitative estimate of drug-likeness (QED) is 0.916. The number of hydrogen-bond acceptors (Lipinski definition) is 6. The lowest BCUT2D eigenvalue weighted by Gasteiger charge is -2.06. The van der Waals surface area contributed by atoms with E-state index in [0.29, 0.717) is 24.7 Å². The lowest BCUT2D eigenvalue weighted by molar-refractivity contribution is -0.138. The molecule has 7 nitrogen and oxygen atoms in total. The summed E-state index contributed by atoms with van der Waals surface area (Å²) in [5.41, 5.74) is -0.955. The molecule has 0 aliphatic carbocycles. The maximum absolute atomic E-state index is 12.3. The first kappa shape index (κ1) is 14.9. The van der Waals surface area contributed by atoms with E-state index in [1.807, 2.05) is 0 Å². The average molecular weight is 301 g/mol. The lowest BCUT2D eigenvalue weighted by atomic mass is 10.3. The highest BCUT2D eigenvalue weighted by Gasteiger charge is 2.31. The van der Waals surface area contributed by atoms with Crippen molar-refractivity contribution < 1.29 is 22.5 Å². The van der Waals surface area contributed by atoms with Crippen molar-refractivity contribution in [1.29, 1.82) is 0 Å². The highest BCUT2D eigenvalue weighted by Crippen LogP contribution is 2.27. The molecule has 0 aliphatic heterocycles. The number of nitrogens with one attached hydrogen (secondary N) is 1. The van der Waals surface area contributed by atoms with Gasteiger partial charge >= 0.3 is 6.18 Å². The molecule has 10 heteroatoms. The average Bonchev–Trinajstić information content (AvgIpc) is 2.93. The Balaban J connectivity index is 1.95. The van der Waals surface area contributed by atoms with E-state index in [4.69, 9.17) is 4.52 Å². The third-order valence-electron chi connectivity index (χ3n) is 2.41. The highest BCUT2D eigenvalue weighted by molar-refractivity contribution is 5.90. The number of aromatic nitrogens is 4. The number of carbonyl (C=O) groups is 1. The zero-order valence-electron chi connectivity index (χ0n) is 10.8. The Bertz CT molecular complexity index is 624. The van der Waals surface area contributed by atoms with Gasteiger partial charge in [-0.3, -0.25) is 4.79 Å². The summed E-state index contributed by atoms with van der Waals surface area (Å²) in [7, 11) is 0. The van der Waals surface area contributed by atoms with Crippen molar-refractivity contribution in [2.24, 2.45) is 0 Å². The van der Waals surface area contributed by atoms with E-state index < -0.39 is 17.6 Å². The van der Waals surface area contributed by atoms with Crippen LogP contribution in [0.15, 0.2) is 16.9 Å². The molecule has 0 unspecified atom stereocenters. The van der Waals surface area contributed by atoms with Gasteiger partial charge in [0.05, 0.1) is 12.1 Å². The lowest BCUT2D eigenvalue weighted by Crippen LogP contribution is -2.25. The number of hydrogen-bond donors (Lipinski definition) is 1. The van der Waals surface area contributed by atoms with E-state index in [9.17, 15) is 18.0 Å². The molecule has 0 radical (unpaired) electrons. The molecule has 21 heavy (non-hydrogen) atoms. The molecule has 0 saturated heterocycles. The first-order valence-corrected chi connectivity index (χ1v) is 5.89. The van der Waals surface area contributed by atoms with Crippen LogP contribution in [0.25, 0.3) is 0 Å². The number of nitrogens with zero attached hydrogens (tertiary/aromatic N) is 4. The molecule has 0 atom stereocenters. The van der Waals surface area contributed by atoms with Gasteiger partial charge < -0.3 is 9.84 Å². The molecule has 0 aliphatic rings. The van der Waals surface area contributed by atoms with E-state index in [1.54, 1.807) is 6.92 Å². The molecular formula is C11H10F3N5O2. The topological polar surface area (TPSA) is 93.8 Å². The summed E-state index contributed by atoms with van der Waals surface area (Å²) in [6, 6.07) is 0. The summed E-state index contributed by atoms with van der Waals surface area (Å²) in [5, 5.41) is 5.84. The molecular weight excluding hydrogens is 291 g/mol. The SMILES string of the molecule is CCc1nc(C(=O)NCc2ncc(C(F)(F)F)cn2)no1. The van der Waals surface area contributed by atoms with Gasteiger partial charge in [-0.1, -0.05) is 12.1 Å².